The predicted molar refractivity (Wildman–Crippen MR) is 91.3 cm³/mol. The van der Waals surface area contributed by atoms with E-state index in [0.29, 0.717) is 17.8 Å². The summed E-state index contributed by atoms with van der Waals surface area (Å²) in [5.41, 5.74) is 1.11. The van der Waals surface area contributed by atoms with E-state index in [1.807, 2.05) is 17.0 Å². The average molecular weight is 327 g/mol. The molecule has 1 N–H and O–H groups in total. The molecule has 6 nitrogen and oxygen atoms in total. The number of para-hydroxylation sites is 1. The SMILES string of the molecule is CN(C(=O)c1ccco1)c1ccccc1C(=O)N1CCCNCC1. The van der Waals surface area contributed by atoms with Gasteiger partial charge in [0.05, 0.1) is 17.5 Å². The van der Waals surface area contributed by atoms with Crippen molar-refractivity contribution in [3.8, 4) is 0 Å². The molecular weight excluding hydrogens is 306 g/mol. The van der Waals surface area contributed by atoms with Gasteiger partial charge in [0.1, 0.15) is 0 Å². The summed E-state index contributed by atoms with van der Waals surface area (Å²) in [6, 6.07) is 10.5. The van der Waals surface area contributed by atoms with Crippen LogP contribution in [-0.4, -0.2) is 49.9 Å². The molecule has 126 valence electrons. The molecule has 0 unspecified atom stereocenters. The molecule has 3 rings (SSSR count). The molecule has 1 aliphatic heterocycles. The summed E-state index contributed by atoms with van der Waals surface area (Å²) >= 11 is 0. The minimum atomic E-state index is -0.280. The second-order valence-electron chi connectivity index (χ2n) is 5.75. The summed E-state index contributed by atoms with van der Waals surface area (Å²) in [4.78, 5) is 28.7. The van der Waals surface area contributed by atoms with E-state index in [9.17, 15) is 9.59 Å². The van der Waals surface area contributed by atoms with E-state index in [2.05, 4.69) is 5.32 Å². The van der Waals surface area contributed by atoms with Gasteiger partial charge in [0, 0.05) is 26.7 Å². The fraction of sp³-hybridized carbons (Fsp3) is 0.333. The molecule has 0 spiro atoms. The van der Waals surface area contributed by atoms with Crippen molar-refractivity contribution >= 4 is 17.5 Å². The van der Waals surface area contributed by atoms with Gasteiger partial charge in [-0.3, -0.25) is 9.59 Å². The molecule has 1 fully saturated rings. The van der Waals surface area contributed by atoms with Crippen molar-refractivity contribution in [3.05, 3.63) is 54.0 Å². The minimum Gasteiger partial charge on any atom is -0.459 e. The van der Waals surface area contributed by atoms with Gasteiger partial charge < -0.3 is 19.5 Å². The number of carbonyl (C=O) groups excluding carboxylic acids is 2. The number of hydrogen-bond acceptors (Lipinski definition) is 4. The first-order chi connectivity index (χ1) is 11.7. The van der Waals surface area contributed by atoms with Gasteiger partial charge in [-0.1, -0.05) is 12.1 Å². The summed E-state index contributed by atoms with van der Waals surface area (Å²) in [7, 11) is 1.65. The number of nitrogens with one attached hydrogen (secondary N) is 1. The molecule has 0 saturated carbocycles. The summed E-state index contributed by atoms with van der Waals surface area (Å²) < 4.78 is 5.18. The molecule has 0 bridgehead atoms. The van der Waals surface area contributed by atoms with E-state index >= 15 is 0 Å². The number of nitrogens with zero attached hydrogens (tertiary/aromatic N) is 2. The highest BCUT2D eigenvalue weighted by atomic mass is 16.3. The Morgan fingerprint density at radius 1 is 1.12 bits per heavy atom. The van der Waals surface area contributed by atoms with Crippen LogP contribution in [0.1, 0.15) is 27.3 Å². The Bertz CT molecular complexity index is 704. The Labute approximate surface area is 141 Å². The third kappa shape index (κ3) is 3.33. The van der Waals surface area contributed by atoms with Crippen LogP contribution in [0.3, 0.4) is 0 Å². The third-order valence-corrected chi connectivity index (χ3v) is 4.16. The maximum atomic E-state index is 12.9. The molecule has 0 aliphatic carbocycles. The Hall–Kier alpha value is -2.60. The normalized spacial score (nSPS) is 15.0. The van der Waals surface area contributed by atoms with Crippen molar-refractivity contribution in [2.24, 2.45) is 0 Å². The standard InChI is InChI=1S/C18H21N3O3/c1-20(18(23)16-8-4-13-24-16)15-7-3-2-6-14(15)17(22)21-11-5-9-19-10-12-21/h2-4,6-8,13,19H,5,9-12H2,1H3. The maximum absolute atomic E-state index is 12.9. The van der Waals surface area contributed by atoms with Crippen molar-refractivity contribution < 1.29 is 14.0 Å². The van der Waals surface area contributed by atoms with Crippen molar-refractivity contribution in [2.45, 2.75) is 6.42 Å². The molecule has 1 aromatic carbocycles. The Kier molecular flexibility index (Phi) is 4.96. The van der Waals surface area contributed by atoms with Gasteiger partial charge in [0.15, 0.2) is 5.76 Å². The van der Waals surface area contributed by atoms with Crippen molar-refractivity contribution in [1.29, 1.82) is 0 Å². The van der Waals surface area contributed by atoms with Crippen LogP contribution in [0.4, 0.5) is 5.69 Å². The lowest BCUT2D eigenvalue weighted by atomic mass is 10.1. The second kappa shape index (κ2) is 7.31. The van der Waals surface area contributed by atoms with Gasteiger partial charge in [0.25, 0.3) is 11.8 Å². The zero-order valence-corrected chi connectivity index (χ0v) is 13.7. The van der Waals surface area contributed by atoms with Gasteiger partial charge in [0.2, 0.25) is 0 Å². The van der Waals surface area contributed by atoms with E-state index in [1.165, 1.54) is 11.2 Å². The van der Waals surface area contributed by atoms with Gasteiger partial charge >= 0.3 is 0 Å². The lowest BCUT2D eigenvalue weighted by Crippen LogP contribution is -2.36. The van der Waals surface area contributed by atoms with Crippen LogP contribution >= 0.6 is 0 Å². The predicted octanol–water partition coefficient (Wildman–Crippen LogP) is 1.99. The van der Waals surface area contributed by atoms with Crippen molar-refractivity contribution in [2.75, 3.05) is 38.1 Å². The third-order valence-electron chi connectivity index (χ3n) is 4.16. The summed E-state index contributed by atoms with van der Waals surface area (Å²) in [5, 5.41) is 3.29. The first kappa shape index (κ1) is 16.3. The lowest BCUT2D eigenvalue weighted by molar-refractivity contribution is 0.0767. The number of carbonyl (C=O) groups is 2. The molecule has 0 radical (unpaired) electrons. The van der Waals surface area contributed by atoms with Crippen molar-refractivity contribution in [1.82, 2.24) is 10.2 Å². The number of benzene rings is 1. The molecule has 1 aromatic heterocycles. The summed E-state index contributed by atoms with van der Waals surface area (Å²) in [6.07, 6.45) is 2.39. The largest absolute Gasteiger partial charge is 0.459 e. The number of furan rings is 1. The average Bonchev–Trinajstić information content (AvgIpc) is 3.02. The number of anilines is 1. The topological polar surface area (TPSA) is 65.8 Å². The highest BCUT2D eigenvalue weighted by molar-refractivity contribution is 6.09. The highest BCUT2D eigenvalue weighted by Gasteiger charge is 2.24. The minimum absolute atomic E-state index is 0.0478. The first-order valence-corrected chi connectivity index (χ1v) is 8.09. The summed E-state index contributed by atoms with van der Waals surface area (Å²) in [5.74, 6) is -0.0788. The van der Waals surface area contributed by atoms with Crippen LogP contribution in [0.5, 0.6) is 0 Å². The first-order valence-electron chi connectivity index (χ1n) is 8.09. The van der Waals surface area contributed by atoms with Crippen LogP contribution in [0.15, 0.2) is 47.1 Å². The molecule has 6 heteroatoms. The van der Waals surface area contributed by atoms with Gasteiger partial charge in [-0.15, -0.1) is 0 Å². The fourth-order valence-corrected chi connectivity index (χ4v) is 2.84. The number of amides is 2. The Morgan fingerprint density at radius 3 is 2.75 bits per heavy atom. The maximum Gasteiger partial charge on any atom is 0.293 e. The lowest BCUT2D eigenvalue weighted by Gasteiger charge is -2.24. The summed E-state index contributed by atoms with van der Waals surface area (Å²) in [6.45, 7) is 3.09. The Morgan fingerprint density at radius 2 is 1.96 bits per heavy atom. The highest BCUT2D eigenvalue weighted by Crippen LogP contribution is 2.23. The molecular formula is C18H21N3O3. The van der Waals surface area contributed by atoms with Crippen LogP contribution in [0, 0.1) is 0 Å². The molecule has 2 amide bonds. The van der Waals surface area contributed by atoms with Crippen LogP contribution in [-0.2, 0) is 0 Å². The van der Waals surface area contributed by atoms with Gasteiger partial charge in [-0.2, -0.15) is 0 Å². The zero-order chi connectivity index (χ0) is 16.9. The molecule has 1 aliphatic rings. The van der Waals surface area contributed by atoms with E-state index in [1.54, 1.807) is 31.3 Å². The van der Waals surface area contributed by atoms with E-state index in [-0.39, 0.29) is 17.6 Å². The van der Waals surface area contributed by atoms with E-state index < -0.39 is 0 Å². The number of rotatable bonds is 3. The molecule has 0 atom stereocenters. The van der Waals surface area contributed by atoms with E-state index in [0.717, 1.165) is 26.1 Å². The quantitative estimate of drug-likeness (QED) is 0.936. The van der Waals surface area contributed by atoms with Crippen LogP contribution < -0.4 is 10.2 Å². The second-order valence-corrected chi connectivity index (χ2v) is 5.75. The van der Waals surface area contributed by atoms with Crippen LogP contribution in [0.2, 0.25) is 0 Å². The molecule has 2 aromatic rings. The van der Waals surface area contributed by atoms with Crippen molar-refractivity contribution in [3.63, 3.8) is 0 Å². The van der Waals surface area contributed by atoms with E-state index in [4.69, 9.17) is 4.42 Å². The molecule has 1 saturated heterocycles. The fourth-order valence-electron chi connectivity index (χ4n) is 2.84. The number of hydrogen-bond donors (Lipinski definition) is 1. The Balaban J connectivity index is 1.87. The van der Waals surface area contributed by atoms with Gasteiger partial charge in [-0.05, 0) is 37.2 Å². The molecule has 2 heterocycles. The van der Waals surface area contributed by atoms with Gasteiger partial charge in [-0.25, -0.2) is 0 Å². The molecule has 24 heavy (non-hydrogen) atoms. The smallest absolute Gasteiger partial charge is 0.293 e. The monoisotopic (exact) mass is 327 g/mol. The zero-order valence-electron chi connectivity index (χ0n) is 13.7. The van der Waals surface area contributed by atoms with Crippen LogP contribution in [0.25, 0.3) is 0 Å².